The van der Waals surface area contributed by atoms with Crippen molar-refractivity contribution in [1.29, 1.82) is 0 Å². The lowest BCUT2D eigenvalue weighted by atomic mass is 9.93. The van der Waals surface area contributed by atoms with Gasteiger partial charge in [0.05, 0.1) is 0 Å². The topological polar surface area (TPSA) is 50.2 Å². The molecule has 3 nitrogen and oxygen atoms in total. The van der Waals surface area contributed by atoms with Gasteiger partial charge in [0.25, 0.3) is 0 Å². The number of benzene rings is 2. The van der Waals surface area contributed by atoms with Gasteiger partial charge in [-0.1, -0.05) is 36.4 Å². The van der Waals surface area contributed by atoms with Gasteiger partial charge >= 0.3 is 5.97 Å². The lowest BCUT2D eigenvalue weighted by Gasteiger charge is -2.23. The zero-order chi connectivity index (χ0) is 17.7. The smallest absolute Gasteiger partial charge is 0.316 e. The molecule has 0 saturated heterocycles. The molecule has 0 amide bonds. The summed E-state index contributed by atoms with van der Waals surface area (Å²) in [7, 11) is 0. The summed E-state index contributed by atoms with van der Waals surface area (Å²) in [5, 5.41) is 11.7. The van der Waals surface area contributed by atoms with Crippen molar-refractivity contribution in [2.75, 3.05) is 0 Å². The minimum atomic E-state index is -0.725. The third-order valence-electron chi connectivity index (χ3n) is 5.45. The van der Waals surface area contributed by atoms with Crippen molar-refractivity contribution in [3.63, 3.8) is 0 Å². The van der Waals surface area contributed by atoms with Crippen LogP contribution in [0.15, 0.2) is 53.7 Å². The van der Waals surface area contributed by atoms with Crippen molar-refractivity contribution >= 4 is 28.5 Å². The van der Waals surface area contributed by atoms with E-state index >= 15 is 0 Å². The number of thioether (sulfide) groups is 1. The molecule has 1 saturated carbocycles. The monoisotopic (exact) mass is 361 g/mol. The Morgan fingerprint density at radius 1 is 1.00 bits per heavy atom. The first kappa shape index (κ1) is 15.9. The van der Waals surface area contributed by atoms with Crippen LogP contribution in [0, 0.1) is 0 Å². The molecular weight excluding hydrogens is 342 g/mol. The second-order valence-corrected chi connectivity index (χ2v) is 8.39. The van der Waals surface area contributed by atoms with Gasteiger partial charge < -0.3 is 5.11 Å². The lowest BCUT2D eigenvalue weighted by molar-refractivity contribution is -0.136. The van der Waals surface area contributed by atoms with Gasteiger partial charge in [-0.3, -0.25) is 9.78 Å². The van der Waals surface area contributed by atoms with E-state index in [0.717, 1.165) is 22.4 Å². The van der Waals surface area contributed by atoms with Gasteiger partial charge in [0, 0.05) is 22.9 Å². The van der Waals surface area contributed by atoms with Crippen LogP contribution in [0.4, 0.5) is 0 Å². The molecule has 3 aromatic rings. The SMILES string of the molecule is O=C(O)C1CCc2cncc(-c3ccc(C4CC4)c4ccccc34)c2S1. The average molecular weight is 361 g/mol. The molecule has 0 radical (unpaired) electrons. The Hall–Kier alpha value is -2.33. The van der Waals surface area contributed by atoms with E-state index in [1.807, 2.05) is 12.4 Å². The predicted molar refractivity (Wildman–Crippen MR) is 105 cm³/mol. The average Bonchev–Trinajstić information content (AvgIpc) is 3.51. The molecule has 1 N–H and O–H groups in total. The van der Waals surface area contributed by atoms with Gasteiger partial charge in [0.15, 0.2) is 0 Å². The van der Waals surface area contributed by atoms with Crippen molar-refractivity contribution in [3.05, 3.63) is 59.9 Å². The molecule has 1 aliphatic carbocycles. The number of aliphatic carboxylic acids is 1. The number of aryl methyl sites for hydroxylation is 1. The van der Waals surface area contributed by atoms with E-state index in [2.05, 4.69) is 41.4 Å². The van der Waals surface area contributed by atoms with Crippen LogP contribution in [0.1, 0.15) is 36.3 Å². The summed E-state index contributed by atoms with van der Waals surface area (Å²) in [6.07, 6.45) is 7.79. The van der Waals surface area contributed by atoms with Gasteiger partial charge in [-0.05, 0) is 59.1 Å². The minimum Gasteiger partial charge on any atom is -0.480 e. The van der Waals surface area contributed by atoms with Crippen LogP contribution < -0.4 is 0 Å². The van der Waals surface area contributed by atoms with Gasteiger partial charge in [0.2, 0.25) is 0 Å². The minimum absolute atomic E-state index is 0.374. The second-order valence-electron chi connectivity index (χ2n) is 7.18. The first-order valence-electron chi connectivity index (χ1n) is 9.10. The molecule has 2 aromatic carbocycles. The Morgan fingerprint density at radius 3 is 2.58 bits per heavy atom. The summed E-state index contributed by atoms with van der Waals surface area (Å²) >= 11 is 1.48. The van der Waals surface area contributed by atoms with E-state index in [1.165, 1.54) is 46.5 Å². The second kappa shape index (κ2) is 6.13. The molecular formula is C22H19NO2S. The van der Waals surface area contributed by atoms with E-state index in [1.54, 1.807) is 0 Å². The molecule has 5 rings (SSSR count). The fourth-order valence-electron chi connectivity index (χ4n) is 3.97. The first-order valence-corrected chi connectivity index (χ1v) is 9.98. The molecule has 1 unspecified atom stereocenters. The molecule has 2 aliphatic rings. The fourth-order valence-corrected chi connectivity index (χ4v) is 5.19. The van der Waals surface area contributed by atoms with Gasteiger partial charge in [-0.15, -0.1) is 11.8 Å². The Balaban J connectivity index is 1.70. The Labute approximate surface area is 156 Å². The van der Waals surface area contributed by atoms with Crippen molar-refractivity contribution in [2.45, 2.75) is 41.7 Å². The zero-order valence-corrected chi connectivity index (χ0v) is 15.1. The van der Waals surface area contributed by atoms with Crippen LogP contribution in [0.3, 0.4) is 0 Å². The number of pyridine rings is 1. The molecule has 1 aliphatic heterocycles. The van der Waals surface area contributed by atoms with Crippen molar-refractivity contribution in [3.8, 4) is 11.1 Å². The number of carboxylic acid groups (broad SMARTS) is 1. The van der Waals surface area contributed by atoms with Crippen LogP contribution in [0.5, 0.6) is 0 Å². The van der Waals surface area contributed by atoms with Crippen LogP contribution in [-0.4, -0.2) is 21.3 Å². The van der Waals surface area contributed by atoms with E-state index in [0.29, 0.717) is 12.3 Å². The quantitative estimate of drug-likeness (QED) is 0.690. The van der Waals surface area contributed by atoms with Gasteiger partial charge in [-0.2, -0.15) is 0 Å². The van der Waals surface area contributed by atoms with Crippen molar-refractivity contribution < 1.29 is 9.90 Å². The highest BCUT2D eigenvalue weighted by Crippen LogP contribution is 2.47. The number of rotatable bonds is 3. The molecule has 1 atom stereocenters. The highest BCUT2D eigenvalue weighted by atomic mass is 32.2. The number of carboxylic acids is 1. The standard InChI is InChI=1S/C22H19NO2S/c24-22(25)20-10-7-14-11-23-12-19(21(14)26-20)18-9-8-15(13-5-6-13)16-3-1-2-4-17(16)18/h1-4,8-9,11-13,20H,5-7,10H2,(H,24,25). The first-order chi connectivity index (χ1) is 12.7. The Morgan fingerprint density at radius 2 is 1.81 bits per heavy atom. The number of fused-ring (bicyclic) bond motifs is 2. The largest absolute Gasteiger partial charge is 0.480 e. The maximum atomic E-state index is 11.5. The molecule has 0 bridgehead atoms. The summed E-state index contributed by atoms with van der Waals surface area (Å²) < 4.78 is 0. The van der Waals surface area contributed by atoms with E-state index in [-0.39, 0.29) is 5.25 Å². The van der Waals surface area contributed by atoms with Gasteiger partial charge in [0.1, 0.15) is 5.25 Å². The molecule has 0 spiro atoms. The summed E-state index contributed by atoms with van der Waals surface area (Å²) in [6.45, 7) is 0. The van der Waals surface area contributed by atoms with E-state index in [4.69, 9.17) is 0 Å². The molecule has 26 heavy (non-hydrogen) atoms. The molecule has 1 aromatic heterocycles. The number of carbonyl (C=O) groups is 1. The number of hydrogen-bond acceptors (Lipinski definition) is 3. The van der Waals surface area contributed by atoms with Crippen LogP contribution in [0.2, 0.25) is 0 Å². The third-order valence-corrected chi connectivity index (χ3v) is 6.89. The maximum Gasteiger partial charge on any atom is 0.316 e. The van der Waals surface area contributed by atoms with E-state index < -0.39 is 5.97 Å². The predicted octanol–water partition coefficient (Wildman–Crippen LogP) is 5.27. The summed E-state index contributed by atoms with van der Waals surface area (Å²) in [5.41, 5.74) is 4.84. The van der Waals surface area contributed by atoms with Crippen LogP contribution >= 0.6 is 11.8 Å². The van der Waals surface area contributed by atoms with Crippen molar-refractivity contribution in [1.82, 2.24) is 4.98 Å². The van der Waals surface area contributed by atoms with E-state index in [9.17, 15) is 9.90 Å². The van der Waals surface area contributed by atoms with Crippen LogP contribution in [0.25, 0.3) is 21.9 Å². The summed E-state index contributed by atoms with van der Waals surface area (Å²) in [4.78, 5) is 17.1. The lowest BCUT2D eigenvalue weighted by Crippen LogP contribution is -2.21. The highest BCUT2D eigenvalue weighted by molar-refractivity contribution is 8.00. The maximum absolute atomic E-state index is 11.5. The highest BCUT2D eigenvalue weighted by Gasteiger charge is 2.29. The zero-order valence-electron chi connectivity index (χ0n) is 14.3. The number of aromatic nitrogens is 1. The number of nitrogens with zero attached hydrogens (tertiary/aromatic N) is 1. The Bertz CT molecular complexity index is 1030. The summed E-state index contributed by atoms with van der Waals surface area (Å²) in [6, 6.07) is 13.0. The molecule has 1 fully saturated rings. The molecule has 130 valence electrons. The Kier molecular flexibility index (Phi) is 3.75. The third kappa shape index (κ3) is 2.60. The summed E-state index contributed by atoms with van der Waals surface area (Å²) in [5.74, 6) is -0.0279. The van der Waals surface area contributed by atoms with Crippen LogP contribution in [-0.2, 0) is 11.2 Å². The molecule has 4 heteroatoms. The number of hydrogen-bond donors (Lipinski definition) is 1. The normalized spacial score (nSPS) is 19.3. The fraction of sp³-hybridized carbons (Fsp3) is 0.273. The van der Waals surface area contributed by atoms with Gasteiger partial charge in [-0.25, -0.2) is 0 Å². The molecule has 2 heterocycles. The van der Waals surface area contributed by atoms with Crippen molar-refractivity contribution in [2.24, 2.45) is 0 Å².